The number of sulfonamides is 1. The maximum Gasteiger partial charge on any atom is 0.410 e. The van der Waals surface area contributed by atoms with E-state index in [-0.39, 0.29) is 11.5 Å². The zero-order valence-corrected chi connectivity index (χ0v) is 19.2. The van der Waals surface area contributed by atoms with Crippen LogP contribution in [0.15, 0.2) is 41.4 Å². The second-order valence-electron chi connectivity index (χ2n) is 8.29. The largest absolute Gasteiger partial charge is 0.444 e. The van der Waals surface area contributed by atoms with Crippen LogP contribution in [0.4, 0.5) is 4.79 Å². The average Bonchev–Trinajstić information content (AvgIpc) is 2.75. The van der Waals surface area contributed by atoms with Gasteiger partial charge in [0.2, 0.25) is 0 Å². The van der Waals surface area contributed by atoms with E-state index in [0.717, 1.165) is 31.6 Å². The Labute approximate surface area is 185 Å². The Bertz CT molecular complexity index is 879. The smallest absolute Gasteiger partial charge is 0.410 e. The molecule has 1 aromatic carbocycles. The second-order valence-corrected chi connectivity index (χ2v) is 10.1. The standard InChI is InChI=1S/C22H33N3O5S/c1-17-5-8-20(9-6-17)31(28,29)25-18(2)7-10-21(19(25)3)30-22(27)24-14-12-23(13-15-24)11-4-16-26/h5-6,8-9,19,21,26H,2,4,7,10-16H2,1,3H3/t19?,21-/m0/s1. The number of carbonyl (C=O) groups excluding carboxylic acids is 1. The number of aliphatic hydroxyl groups excluding tert-OH is 1. The number of aliphatic hydroxyl groups is 1. The molecule has 2 fully saturated rings. The Morgan fingerprint density at radius 2 is 1.84 bits per heavy atom. The van der Waals surface area contributed by atoms with E-state index >= 15 is 0 Å². The predicted molar refractivity (Wildman–Crippen MR) is 118 cm³/mol. The van der Waals surface area contributed by atoms with E-state index in [9.17, 15) is 13.2 Å². The van der Waals surface area contributed by atoms with Gasteiger partial charge in [-0.1, -0.05) is 24.3 Å². The van der Waals surface area contributed by atoms with Gasteiger partial charge in [-0.3, -0.25) is 9.21 Å². The molecule has 9 heteroatoms. The minimum Gasteiger partial charge on any atom is -0.444 e. The Balaban J connectivity index is 1.65. The summed E-state index contributed by atoms with van der Waals surface area (Å²) in [6.45, 7) is 11.2. The molecule has 0 aliphatic carbocycles. The number of piperazine rings is 1. The van der Waals surface area contributed by atoms with E-state index in [4.69, 9.17) is 9.84 Å². The van der Waals surface area contributed by atoms with Crippen LogP contribution >= 0.6 is 0 Å². The van der Waals surface area contributed by atoms with E-state index in [1.807, 2.05) is 6.92 Å². The van der Waals surface area contributed by atoms with Crippen molar-refractivity contribution in [3.63, 3.8) is 0 Å². The number of ether oxygens (including phenoxy) is 1. The lowest BCUT2D eigenvalue weighted by Crippen LogP contribution is -2.53. The summed E-state index contributed by atoms with van der Waals surface area (Å²) < 4.78 is 33.6. The minimum absolute atomic E-state index is 0.162. The normalized spacial score (nSPS) is 23.1. The molecule has 1 aromatic rings. The Hall–Kier alpha value is -2.10. The lowest BCUT2D eigenvalue weighted by molar-refractivity contribution is 0.0130. The highest BCUT2D eigenvalue weighted by molar-refractivity contribution is 7.89. The molecule has 1 amide bonds. The molecule has 2 aliphatic rings. The van der Waals surface area contributed by atoms with Crippen molar-refractivity contribution in [3.05, 3.63) is 42.1 Å². The average molecular weight is 452 g/mol. The lowest BCUT2D eigenvalue weighted by atomic mass is 10.0. The Morgan fingerprint density at radius 1 is 1.19 bits per heavy atom. The number of hydrogen-bond donors (Lipinski definition) is 1. The molecule has 0 saturated carbocycles. The van der Waals surface area contributed by atoms with Gasteiger partial charge in [-0.15, -0.1) is 0 Å². The van der Waals surface area contributed by atoms with Crippen LogP contribution < -0.4 is 0 Å². The summed E-state index contributed by atoms with van der Waals surface area (Å²) in [5.74, 6) is 0. The van der Waals surface area contributed by atoms with Crippen LogP contribution in [0.5, 0.6) is 0 Å². The van der Waals surface area contributed by atoms with Crippen molar-refractivity contribution < 1.29 is 23.1 Å². The van der Waals surface area contributed by atoms with Gasteiger partial charge in [0.25, 0.3) is 10.0 Å². The number of aryl methyl sites for hydroxylation is 1. The first kappa shape index (κ1) is 23.6. The van der Waals surface area contributed by atoms with Crippen LogP contribution in [-0.2, 0) is 14.8 Å². The molecule has 2 aliphatic heterocycles. The number of amides is 1. The maximum atomic E-state index is 13.3. The van der Waals surface area contributed by atoms with Gasteiger partial charge in [0.05, 0.1) is 10.9 Å². The Morgan fingerprint density at radius 3 is 2.45 bits per heavy atom. The summed E-state index contributed by atoms with van der Waals surface area (Å²) in [5.41, 5.74) is 1.49. The summed E-state index contributed by atoms with van der Waals surface area (Å²) in [6, 6.07) is 6.18. The van der Waals surface area contributed by atoms with Gasteiger partial charge in [0.1, 0.15) is 6.10 Å². The quantitative estimate of drug-likeness (QED) is 0.713. The number of hydrogen-bond acceptors (Lipinski definition) is 6. The number of carbonyl (C=O) groups is 1. The molecule has 2 saturated heterocycles. The third kappa shape index (κ3) is 5.39. The highest BCUT2D eigenvalue weighted by Gasteiger charge is 2.40. The topological polar surface area (TPSA) is 90.4 Å². The molecule has 2 heterocycles. The second kappa shape index (κ2) is 10.0. The van der Waals surface area contributed by atoms with Crippen molar-refractivity contribution in [1.29, 1.82) is 0 Å². The summed E-state index contributed by atoms with van der Waals surface area (Å²) >= 11 is 0. The van der Waals surface area contributed by atoms with Crippen LogP contribution in [0.3, 0.4) is 0 Å². The first-order valence-electron chi connectivity index (χ1n) is 10.8. The van der Waals surface area contributed by atoms with Crippen molar-refractivity contribution in [1.82, 2.24) is 14.1 Å². The van der Waals surface area contributed by atoms with Crippen molar-refractivity contribution in [2.75, 3.05) is 39.3 Å². The highest BCUT2D eigenvalue weighted by atomic mass is 32.2. The van der Waals surface area contributed by atoms with Gasteiger partial charge >= 0.3 is 6.09 Å². The molecule has 172 valence electrons. The summed E-state index contributed by atoms with van der Waals surface area (Å²) in [5, 5.41) is 8.96. The fraction of sp³-hybridized carbons (Fsp3) is 0.591. The molecule has 0 radical (unpaired) electrons. The third-order valence-electron chi connectivity index (χ3n) is 6.03. The monoisotopic (exact) mass is 451 g/mol. The van der Waals surface area contributed by atoms with Gasteiger partial charge in [0.15, 0.2) is 0 Å². The zero-order valence-electron chi connectivity index (χ0n) is 18.4. The number of benzene rings is 1. The number of rotatable bonds is 6. The van der Waals surface area contributed by atoms with Gasteiger partial charge in [0, 0.05) is 45.0 Å². The van der Waals surface area contributed by atoms with E-state index in [1.54, 1.807) is 36.1 Å². The fourth-order valence-electron chi connectivity index (χ4n) is 4.12. The number of nitrogens with zero attached hydrogens (tertiary/aromatic N) is 3. The summed E-state index contributed by atoms with van der Waals surface area (Å²) in [6.07, 6.45) is 0.772. The molecule has 2 atom stereocenters. The number of piperidine rings is 1. The van der Waals surface area contributed by atoms with Crippen LogP contribution in [0.25, 0.3) is 0 Å². The van der Waals surface area contributed by atoms with E-state index in [0.29, 0.717) is 31.6 Å². The number of allylic oxidation sites excluding steroid dienone is 1. The van der Waals surface area contributed by atoms with E-state index in [1.165, 1.54) is 4.31 Å². The molecule has 1 unspecified atom stereocenters. The lowest BCUT2D eigenvalue weighted by Gasteiger charge is -2.41. The molecular weight excluding hydrogens is 418 g/mol. The van der Waals surface area contributed by atoms with Gasteiger partial charge in [-0.05, 0) is 45.2 Å². The highest BCUT2D eigenvalue weighted by Crippen LogP contribution is 2.33. The molecule has 0 aromatic heterocycles. The van der Waals surface area contributed by atoms with Gasteiger partial charge in [-0.2, -0.15) is 0 Å². The maximum absolute atomic E-state index is 13.3. The molecular formula is C22H33N3O5S. The van der Waals surface area contributed by atoms with E-state index < -0.39 is 28.3 Å². The first-order chi connectivity index (χ1) is 14.7. The van der Waals surface area contributed by atoms with Crippen LogP contribution in [0, 0.1) is 6.92 Å². The SMILES string of the molecule is C=C1CC[C@H](OC(=O)N2CCN(CCCO)CC2)C(C)N1S(=O)(=O)c1ccc(C)cc1. The van der Waals surface area contributed by atoms with Crippen molar-refractivity contribution in [2.24, 2.45) is 0 Å². The van der Waals surface area contributed by atoms with Gasteiger partial charge in [-0.25, -0.2) is 13.2 Å². The van der Waals surface area contributed by atoms with Crippen molar-refractivity contribution >= 4 is 16.1 Å². The molecule has 3 rings (SSSR count). The zero-order chi connectivity index (χ0) is 22.6. The fourth-order valence-corrected chi connectivity index (χ4v) is 5.83. The van der Waals surface area contributed by atoms with Crippen molar-refractivity contribution in [2.45, 2.75) is 50.2 Å². The summed E-state index contributed by atoms with van der Waals surface area (Å²) in [7, 11) is -3.79. The summed E-state index contributed by atoms with van der Waals surface area (Å²) in [4.78, 5) is 16.8. The predicted octanol–water partition coefficient (Wildman–Crippen LogP) is 2.19. The molecule has 0 spiro atoms. The first-order valence-corrected chi connectivity index (χ1v) is 12.3. The molecule has 8 nitrogen and oxygen atoms in total. The van der Waals surface area contributed by atoms with Crippen LogP contribution in [-0.4, -0.2) is 85.2 Å². The van der Waals surface area contributed by atoms with E-state index in [2.05, 4.69) is 11.5 Å². The molecule has 0 bridgehead atoms. The van der Waals surface area contributed by atoms with Gasteiger partial charge < -0.3 is 14.7 Å². The minimum atomic E-state index is -3.79. The van der Waals surface area contributed by atoms with Crippen LogP contribution in [0.1, 0.15) is 31.7 Å². The third-order valence-corrected chi connectivity index (χ3v) is 8.01. The van der Waals surface area contributed by atoms with Crippen molar-refractivity contribution in [3.8, 4) is 0 Å². The Kier molecular flexibility index (Phi) is 7.61. The molecule has 31 heavy (non-hydrogen) atoms. The molecule has 1 N–H and O–H groups in total. The van der Waals surface area contributed by atoms with Crippen LogP contribution in [0.2, 0.25) is 0 Å².